The number of rotatable bonds is 1. The van der Waals surface area contributed by atoms with Gasteiger partial charge in [0.15, 0.2) is 0 Å². The monoisotopic (exact) mass is 245 g/mol. The van der Waals surface area contributed by atoms with Gasteiger partial charge in [0.2, 0.25) is 5.88 Å². The van der Waals surface area contributed by atoms with Crippen LogP contribution in [0.4, 0.5) is 5.82 Å². The molecule has 0 spiro atoms. The highest BCUT2D eigenvalue weighted by atomic mass is 79.9. The maximum atomic E-state index is 5.56. The maximum Gasteiger partial charge on any atom is 0.233 e. The highest BCUT2D eigenvalue weighted by Gasteiger charge is 2.16. The van der Waals surface area contributed by atoms with Gasteiger partial charge in [-0.1, -0.05) is 0 Å². The van der Waals surface area contributed by atoms with Crippen LogP contribution >= 0.6 is 15.9 Å². The van der Waals surface area contributed by atoms with Crippen molar-refractivity contribution in [3.8, 4) is 5.88 Å². The van der Waals surface area contributed by atoms with E-state index in [1.807, 2.05) is 20.8 Å². The molecule has 0 atom stereocenters. The van der Waals surface area contributed by atoms with Crippen LogP contribution in [0.3, 0.4) is 0 Å². The van der Waals surface area contributed by atoms with E-state index in [9.17, 15) is 0 Å². The quantitative estimate of drug-likeness (QED) is 0.823. The summed E-state index contributed by atoms with van der Waals surface area (Å²) >= 11 is 3.26. The molecule has 1 aromatic heterocycles. The van der Waals surface area contributed by atoms with Crippen LogP contribution in [0, 0.1) is 0 Å². The number of hydrogen-bond acceptors (Lipinski definition) is 4. The van der Waals surface area contributed by atoms with Gasteiger partial charge in [0.05, 0.1) is 0 Å². The van der Waals surface area contributed by atoms with Crippen molar-refractivity contribution in [3.05, 3.63) is 10.8 Å². The van der Waals surface area contributed by atoms with Crippen molar-refractivity contribution in [1.82, 2.24) is 9.97 Å². The van der Waals surface area contributed by atoms with E-state index in [4.69, 9.17) is 10.5 Å². The van der Waals surface area contributed by atoms with E-state index < -0.39 is 0 Å². The van der Waals surface area contributed by atoms with Gasteiger partial charge in [0.1, 0.15) is 22.2 Å². The Morgan fingerprint density at radius 3 is 2.54 bits per heavy atom. The summed E-state index contributed by atoms with van der Waals surface area (Å²) in [5.41, 5.74) is 5.27. The third-order valence-corrected chi connectivity index (χ3v) is 1.93. The molecule has 13 heavy (non-hydrogen) atoms. The van der Waals surface area contributed by atoms with Crippen molar-refractivity contribution >= 4 is 21.7 Å². The van der Waals surface area contributed by atoms with Crippen molar-refractivity contribution in [2.45, 2.75) is 26.4 Å². The highest BCUT2D eigenvalue weighted by Crippen LogP contribution is 2.28. The molecular weight excluding hydrogens is 234 g/mol. The molecule has 0 aliphatic heterocycles. The van der Waals surface area contributed by atoms with Gasteiger partial charge in [0.25, 0.3) is 0 Å². The molecule has 0 fully saturated rings. The Morgan fingerprint density at radius 2 is 2.00 bits per heavy atom. The standard InChI is InChI=1S/C8H12BrN3O/c1-8(2,3)13-7-5(9)6(10)11-4-12-7/h4H,1-3H3,(H2,10,11,12). The van der Waals surface area contributed by atoms with Crippen LogP contribution < -0.4 is 10.5 Å². The van der Waals surface area contributed by atoms with E-state index in [2.05, 4.69) is 25.9 Å². The topological polar surface area (TPSA) is 61.0 Å². The number of nitrogen functional groups attached to an aromatic ring is 1. The van der Waals surface area contributed by atoms with Gasteiger partial charge in [-0.05, 0) is 36.7 Å². The minimum atomic E-state index is -0.288. The lowest BCUT2D eigenvalue weighted by molar-refractivity contribution is 0.123. The average Bonchev–Trinajstić information content (AvgIpc) is 1.96. The lowest BCUT2D eigenvalue weighted by Crippen LogP contribution is -2.24. The Hall–Kier alpha value is -0.840. The summed E-state index contributed by atoms with van der Waals surface area (Å²) in [5, 5.41) is 0. The van der Waals surface area contributed by atoms with Crippen LogP contribution in [-0.2, 0) is 0 Å². The zero-order valence-corrected chi connectivity index (χ0v) is 9.42. The Morgan fingerprint density at radius 1 is 1.38 bits per heavy atom. The minimum absolute atomic E-state index is 0.288. The molecule has 4 nitrogen and oxygen atoms in total. The molecule has 2 N–H and O–H groups in total. The van der Waals surface area contributed by atoms with Crippen LogP contribution in [0.2, 0.25) is 0 Å². The molecule has 1 aromatic rings. The predicted octanol–water partition coefficient (Wildman–Crippen LogP) is 2.00. The van der Waals surface area contributed by atoms with Gasteiger partial charge in [0, 0.05) is 0 Å². The van der Waals surface area contributed by atoms with Crippen LogP contribution in [0.25, 0.3) is 0 Å². The number of hydrogen-bond donors (Lipinski definition) is 1. The zero-order valence-electron chi connectivity index (χ0n) is 7.84. The maximum absolute atomic E-state index is 5.56. The van der Waals surface area contributed by atoms with Crippen molar-refractivity contribution in [2.75, 3.05) is 5.73 Å². The van der Waals surface area contributed by atoms with E-state index in [1.165, 1.54) is 6.33 Å². The summed E-state index contributed by atoms with van der Waals surface area (Å²) in [7, 11) is 0. The van der Waals surface area contributed by atoms with E-state index in [0.717, 1.165) is 0 Å². The minimum Gasteiger partial charge on any atom is -0.471 e. The molecule has 0 unspecified atom stereocenters. The Kier molecular flexibility index (Phi) is 2.75. The second kappa shape index (κ2) is 3.49. The molecule has 72 valence electrons. The molecule has 0 saturated carbocycles. The summed E-state index contributed by atoms with van der Waals surface area (Å²) in [6.45, 7) is 5.83. The molecular formula is C8H12BrN3O. The van der Waals surface area contributed by atoms with Gasteiger partial charge in [-0.15, -0.1) is 0 Å². The van der Waals surface area contributed by atoms with E-state index >= 15 is 0 Å². The summed E-state index contributed by atoms with van der Waals surface area (Å²) in [4.78, 5) is 7.77. The second-order valence-electron chi connectivity index (χ2n) is 3.59. The largest absolute Gasteiger partial charge is 0.471 e. The number of nitrogens with two attached hydrogens (primary N) is 1. The van der Waals surface area contributed by atoms with Gasteiger partial charge >= 0.3 is 0 Å². The average molecular weight is 246 g/mol. The molecule has 0 bridgehead atoms. The van der Waals surface area contributed by atoms with Gasteiger partial charge in [-0.25, -0.2) is 9.97 Å². The molecule has 0 saturated heterocycles. The predicted molar refractivity (Wildman–Crippen MR) is 54.5 cm³/mol. The fourth-order valence-corrected chi connectivity index (χ4v) is 1.01. The molecule has 0 aromatic carbocycles. The van der Waals surface area contributed by atoms with E-state index in [1.54, 1.807) is 0 Å². The smallest absolute Gasteiger partial charge is 0.233 e. The van der Waals surface area contributed by atoms with Gasteiger partial charge in [-0.2, -0.15) is 0 Å². The third kappa shape index (κ3) is 2.84. The van der Waals surface area contributed by atoms with Crippen LogP contribution in [-0.4, -0.2) is 15.6 Å². The Labute approximate surface area is 85.7 Å². The second-order valence-corrected chi connectivity index (χ2v) is 4.39. The molecule has 1 heterocycles. The van der Waals surface area contributed by atoms with Crippen molar-refractivity contribution in [2.24, 2.45) is 0 Å². The lowest BCUT2D eigenvalue weighted by atomic mass is 10.2. The van der Waals surface area contributed by atoms with Crippen molar-refractivity contribution < 1.29 is 4.74 Å². The molecule has 1 rings (SSSR count). The summed E-state index contributed by atoms with van der Waals surface area (Å²) < 4.78 is 6.14. The molecule has 0 amide bonds. The summed E-state index contributed by atoms with van der Waals surface area (Å²) in [5.74, 6) is 0.856. The number of aromatic nitrogens is 2. The van der Waals surface area contributed by atoms with Crippen molar-refractivity contribution in [3.63, 3.8) is 0 Å². The molecule has 0 aliphatic carbocycles. The van der Waals surface area contributed by atoms with Crippen LogP contribution in [0.1, 0.15) is 20.8 Å². The van der Waals surface area contributed by atoms with E-state index in [-0.39, 0.29) is 5.60 Å². The highest BCUT2D eigenvalue weighted by molar-refractivity contribution is 9.10. The number of halogens is 1. The Bertz CT molecular complexity index is 309. The van der Waals surface area contributed by atoms with Crippen LogP contribution in [0.5, 0.6) is 5.88 Å². The van der Waals surface area contributed by atoms with Gasteiger partial charge in [-0.3, -0.25) is 0 Å². The van der Waals surface area contributed by atoms with Gasteiger partial charge < -0.3 is 10.5 Å². The van der Waals surface area contributed by atoms with E-state index in [0.29, 0.717) is 16.2 Å². The first-order chi connectivity index (χ1) is 5.90. The summed E-state index contributed by atoms with van der Waals surface area (Å²) in [6.07, 6.45) is 1.38. The first-order valence-electron chi connectivity index (χ1n) is 3.85. The van der Waals surface area contributed by atoms with Crippen LogP contribution in [0.15, 0.2) is 10.8 Å². The number of nitrogens with zero attached hydrogens (tertiary/aromatic N) is 2. The number of anilines is 1. The fourth-order valence-electron chi connectivity index (χ4n) is 0.728. The molecule has 0 radical (unpaired) electrons. The Balaban J connectivity index is 2.96. The van der Waals surface area contributed by atoms with Crippen molar-refractivity contribution in [1.29, 1.82) is 0 Å². The SMILES string of the molecule is CC(C)(C)Oc1ncnc(N)c1Br. The molecule has 5 heteroatoms. The first kappa shape index (κ1) is 10.2. The first-order valence-corrected chi connectivity index (χ1v) is 4.64. The lowest BCUT2D eigenvalue weighted by Gasteiger charge is -2.20. The zero-order chi connectivity index (χ0) is 10.1. The normalized spacial score (nSPS) is 11.4. The molecule has 0 aliphatic rings. The summed E-state index contributed by atoms with van der Waals surface area (Å²) in [6, 6.07) is 0. The fraction of sp³-hybridized carbons (Fsp3) is 0.500. The number of ether oxygens (including phenoxy) is 1. The third-order valence-electron chi connectivity index (χ3n) is 1.19.